The van der Waals surface area contributed by atoms with E-state index in [1.807, 2.05) is 4.57 Å². The summed E-state index contributed by atoms with van der Waals surface area (Å²) in [7, 11) is 0. The van der Waals surface area contributed by atoms with Crippen LogP contribution in [0.4, 0.5) is 0 Å². The SMILES string of the molecule is CCOC(=O)c1cn(C2CCC3(CC2)OCCO3)c2ncccc2c1=O. The lowest BCUT2D eigenvalue weighted by Crippen LogP contribution is -2.36. The van der Waals surface area contributed by atoms with Crippen molar-refractivity contribution in [3.8, 4) is 0 Å². The van der Waals surface area contributed by atoms with Crippen molar-refractivity contribution in [3.05, 3.63) is 40.3 Å². The first kappa shape index (κ1) is 17.2. The molecule has 0 radical (unpaired) electrons. The van der Waals surface area contributed by atoms with Crippen LogP contribution in [0.15, 0.2) is 29.3 Å². The van der Waals surface area contributed by atoms with Gasteiger partial charge in [-0.25, -0.2) is 9.78 Å². The third-order valence-electron chi connectivity index (χ3n) is 5.21. The topological polar surface area (TPSA) is 79.7 Å². The van der Waals surface area contributed by atoms with Crippen LogP contribution in [0, 0.1) is 0 Å². The van der Waals surface area contributed by atoms with E-state index in [-0.39, 0.29) is 23.6 Å². The average Bonchev–Trinajstić information content (AvgIpc) is 3.11. The van der Waals surface area contributed by atoms with Crippen molar-refractivity contribution >= 4 is 17.0 Å². The molecule has 3 heterocycles. The Morgan fingerprint density at radius 3 is 2.77 bits per heavy atom. The summed E-state index contributed by atoms with van der Waals surface area (Å²) in [4.78, 5) is 29.3. The van der Waals surface area contributed by atoms with Gasteiger partial charge >= 0.3 is 5.97 Å². The van der Waals surface area contributed by atoms with Gasteiger partial charge in [0.25, 0.3) is 0 Å². The Morgan fingerprint density at radius 2 is 2.08 bits per heavy atom. The molecule has 2 aliphatic rings. The van der Waals surface area contributed by atoms with E-state index in [1.54, 1.807) is 31.5 Å². The molecule has 0 N–H and O–H groups in total. The van der Waals surface area contributed by atoms with Crippen LogP contribution < -0.4 is 5.43 Å². The number of hydrogen-bond acceptors (Lipinski definition) is 6. The minimum Gasteiger partial charge on any atom is -0.462 e. The summed E-state index contributed by atoms with van der Waals surface area (Å²) in [6.45, 7) is 3.23. The molecule has 1 spiro atoms. The molecule has 0 unspecified atom stereocenters. The highest BCUT2D eigenvalue weighted by Crippen LogP contribution is 2.40. The van der Waals surface area contributed by atoms with Gasteiger partial charge in [0.15, 0.2) is 5.79 Å². The van der Waals surface area contributed by atoms with Crippen molar-refractivity contribution < 1.29 is 19.0 Å². The highest BCUT2D eigenvalue weighted by atomic mass is 16.7. The molecular weight excluding hydrogens is 336 g/mol. The summed E-state index contributed by atoms with van der Waals surface area (Å²) in [5.41, 5.74) is 0.318. The highest BCUT2D eigenvalue weighted by Gasteiger charge is 2.41. The second kappa shape index (κ2) is 6.81. The van der Waals surface area contributed by atoms with E-state index in [0.717, 1.165) is 25.7 Å². The molecule has 2 fully saturated rings. The fourth-order valence-electron chi connectivity index (χ4n) is 3.92. The predicted molar refractivity (Wildman–Crippen MR) is 94.1 cm³/mol. The van der Waals surface area contributed by atoms with Crippen molar-refractivity contribution in [2.24, 2.45) is 0 Å². The maximum atomic E-state index is 12.7. The van der Waals surface area contributed by atoms with E-state index in [2.05, 4.69) is 4.98 Å². The van der Waals surface area contributed by atoms with Crippen molar-refractivity contribution in [3.63, 3.8) is 0 Å². The van der Waals surface area contributed by atoms with Gasteiger partial charge in [-0.05, 0) is 31.9 Å². The van der Waals surface area contributed by atoms with Gasteiger partial charge in [0.05, 0.1) is 25.2 Å². The highest BCUT2D eigenvalue weighted by molar-refractivity contribution is 5.93. The number of esters is 1. The third kappa shape index (κ3) is 2.91. The van der Waals surface area contributed by atoms with Gasteiger partial charge in [-0.1, -0.05) is 0 Å². The monoisotopic (exact) mass is 358 g/mol. The standard InChI is InChI=1S/C19H22N2O5/c1-2-24-18(23)15-12-21(17-14(16(15)22)4-3-9-20-17)13-5-7-19(8-6-13)25-10-11-26-19/h3-4,9,12-13H,2,5-8,10-11H2,1H3. The molecule has 7 heteroatoms. The Kier molecular flexibility index (Phi) is 4.50. The molecule has 0 aromatic carbocycles. The maximum Gasteiger partial charge on any atom is 0.343 e. The minimum absolute atomic E-state index is 0.0565. The molecule has 2 aromatic heterocycles. The normalized spacial score (nSPS) is 19.9. The van der Waals surface area contributed by atoms with Crippen LogP contribution in [0.3, 0.4) is 0 Å². The summed E-state index contributed by atoms with van der Waals surface area (Å²) < 4.78 is 18.6. The third-order valence-corrected chi connectivity index (χ3v) is 5.21. The fraction of sp³-hybridized carbons (Fsp3) is 0.526. The molecule has 4 rings (SSSR count). The predicted octanol–water partition coefficient (Wildman–Crippen LogP) is 2.43. The first-order valence-corrected chi connectivity index (χ1v) is 9.08. The van der Waals surface area contributed by atoms with Gasteiger partial charge in [-0.15, -0.1) is 0 Å². The second-order valence-corrected chi connectivity index (χ2v) is 6.71. The number of hydrogen-bond donors (Lipinski definition) is 0. The van der Waals surface area contributed by atoms with E-state index in [4.69, 9.17) is 14.2 Å². The Morgan fingerprint density at radius 1 is 1.35 bits per heavy atom. The van der Waals surface area contributed by atoms with E-state index in [0.29, 0.717) is 24.2 Å². The Bertz CT molecular complexity index is 875. The van der Waals surface area contributed by atoms with Crippen molar-refractivity contribution in [1.29, 1.82) is 0 Å². The molecule has 7 nitrogen and oxygen atoms in total. The Labute approximate surface area is 150 Å². The number of rotatable bonds is 3. The van der Waals surface area contributed by atoms with Crippen LogP contribution in [0.2, 0.25) is 0 Å². The van der Waals surface area contributed by atoms with Crippen molar-refractivity contribution in [2.75, 3.05) is 19.8 Å². The molecule has 26 heavy (non-hydrogen) atoms. The summed E-state index contributed by atoms with van der Waals surface area (Å²) in [5.74, 6) is -1.05. The molecule has 0 atom stereocenters. The maximum absolute atomic E-state index is 12.7. The van der Waals surface area contributed by atoms with Gasteiger partial charge in [-0.3, -0.25) is 4.79 Å². The zero-order valence-corrected chi connectivity index (χ0v) is 14.8. The number of fused-ring (bicyclic) bond motifs is 1. The molecule has 0 bridgehead atoms. The van der Waals surface area contributed by atoms with E-state index in [1.165, 1.54) is 0 Å². The zero-order chi connectivity index (χ0) is 18.1. The van der Waals surface area contributed by atoms with Crippen LogP contribution in [-0.4, -0.2) is 41.1 Å². The lowest BCUT2D eigenvalue weighted by atomic mass is 9.89. The molecule has 0 amide bonds. The molecule has 1 aliphatic heterocycles. The number of nitrogens with zero attached hydrogens (tertiary/aromatic N) is 2. The first-order valence-electron chi connectivity index (χ1n) is 9.08. The number of ether oxygens (including phenoxy) is 3. The summed E-state index contributed by atoms with van der Waals surface area (Å²) in [6, 6.07) is 3.54. The number of aromatic nitrogens is 2. The van der Waals surface area contributed by atoms with Gasteiger partial charge < -0.3 is 18.8 Å². The second-order valence-electron chi connectivity index (χ2n) is 6.71. The Hall–Kier alpha value is -2.25. The largest absolute Gasteiger partial charge is 0.462 e. The molecule has 138 valence electrons. The molecule has 1 aliphatic carbocycles. The summed E-state index contributed by atoms with van der Waals surface area (Å²) in [6.07, 6.45) is 6.50. The van der Waals surface area contributed by atoms with E-state index in [9.17, 15) is 9.59 Å². The molecule has 2 aromatic rings. The van der Waals surface area contributed by atoms with E-state index < -0.39 is 11.8 Å². The summed E-state index contributed by atoms with van der Waals surface area (Å²) in [5, 5.41) is 0.437. The number of pyridine rings is 2. The first-order chi connectivity index (χ1) is 12.6. The van der Waals surface area contributed by atoms with Crippen molar-refractivity contribution in [2.45, 2.75) is 44.4 Å². The van der Waals surface area contributed by atoms with Gasteiger partial charge in [0, 0.05) is 31.3 Å². The van der Waals surface area contributed by atoms with Crippen LogP contribution in [-0.2, 0) is 14.2 Å². The van der Waals surface area contributed by atoms with Gasteiger partial charge in [0.2, 0.25) is 5.43 Å². The van der Waals surface area contributed by atoms with Crippen molar-refractivity contribution in [1.82, 2.24) is 9.55 Å². The quantitative estimate of drug-likeness (QED) is 0.784. The van der Waals surface area contributed by atoms with Gasteiger partial charge in [-0.2, -0.15) is 0 Å². The number of carbonyl (C=O) groups excluding carboxylic acids is 1. The van der Waals surface area contributed by atoms with E-state index >= 15 is 0 Å². The average molecular weight is 358 g/mol. The van der Waals surface area contributed by atoms with Gasteiger partial charge in [0.1, 0.15) is 11.2 Å². The smallest absolute Gasteiger partial charge is 0.343 e. The van der Waals surface area contributed by atoms with Crippen LogP contribution in [0.25, 0.3) is 11.0 Å². The molecular formula is C19H22N2O5. The zero-order valence-electron chi connectivity index (χ0n) is 14.8. The summed E-state index contributed by atoms with van der Waals surface area (Å²) >= 11 is 0. The lowest BCUT2D eigenvalue weighted by Gasteiger charge is -2.36. The van der Waals surface area contributed by atoms with Crippen LogP contribution in [0.5, 0.6) is 0 Å². The lowest BCUT2D eigenvalue weighted by molar-refractivity contribution is -0.181. The molecule has 1 saturated heterocycles. The Balaban J connectivity index is 1.73. The minimum atomic E-state index is -0.591. The molecule has 1 saturated carbocycles. The number of carbonyl (C=O) groups is 1. The fourth-order valence-corrected chi connectivity index (χ4v) is 3.92. The van der Waals surface area contributed by atoms with Crippen LogP contribution >= 0.6 is 0 Å². The van der Waals surface area contributed by atoms with Crippen LogP contribution in [0.1, 0.15) is 49.0 Å².